The molecule has 0 spiro atoms. The van der Waals surface area contributed by atoms with Crippen LogP contribution in [0, 0.1) is 6.92 Å². The predicted molar refractivity (Wildman–Crippen MR) is 125 cm³/mol. The zero-order valence-electron chi connectivity index (χ0n) is 18.3. The zero-order chi connectivity index (χ0) is 22.1. The number of aryl methyl sites for hydroxylation is 1. The van der Waals surface area contributed by atoms with Gasteiger partial charge in [-0.15, -0.1) is 0 Å². The highest BCUT2D eigenvalue weighted by Gasteiger charge is 2.36. The molecule has 5 nitrogen and oxygen atoms in total. The molecule has 0 bridgehead atoms. The minimum absolute atomic E-state index is 0.327. The summed E-state index contributed by atoms with van der Waals surface area (Å²) in [4.78, 5) is 4.15. The maximum absolute atomic E-state index is 12.6. The monoisotopic (exact) mass is 425 g/mol. The molecule has 0 aromatic heterocycles. The molecule has 160 valence electrons. The average molecular weight is 426 g/mol. The lowest BCUT2D eigenvalue weighted by Crippen LogP contribution is -2.41. The molecule has 2 aromatic rings. The van der Waals surface area contributed by atoms with Crippen molar-refractivity contribution < 1.29 is 8.42 Å². The molecule has 1 aliphatic rings. The van der Waals surface area contributed by atoms with Crippen LogP contribution < -0.4 is 10.0 Å². The Balaban J connectivity index is 2.02. The van der Waals surface area contributed by atoms with E-state index >= 15 is 0 Å². The quantitative estimate of drug-likeness (QED) is 0.766. The van der Waals surface area contributed by atoms with Crippen molar-refractivity contribution in [2.24, 2.45) is 5.14 Å². The van der Waals surface area contributed by atoms with E-state index in [1.54, 1.807) is 0 Å². The van der Waals surface area contributed by atoms with Crippen molar-refractivity contribution in [3.05, 3.63) is 89.0 Å². The number of allylic oxidation sites excluding steroid dienone is 1. The number of sulfonamides is 1. The molecule has 2 atom stereocenters. The summed E-state index contributed by atoms with van der Waals surface area (Å²) in [5.74, 6) is 0. The fraction of sp³-hybridized carbons (Fsp3) is 0.333. The van der Waals surface area contributed by atoms with E-state index in [1.807, 2.05) is 81.6 Å². The highest BCUT2D eigenvalue weighted by atomic mass is 32.2. The standard InChI is InChI=1S/C24H31N3O2S/c1-18-8-6-7-9-22(18)24(27(4)5)16-14-20(15-17-24)23(30(25,28)29)19-10-12-21(13-11-19)26(2)3/h6-16,23H,17H2,1-5H3,(H2,25,28,29). The maximum atomic E-state index is 12.6. The molecule has 2 N–H and O–H groups in total. The van der Waals surface area contributed by atoms with Gasteiger partial charge in [0.15, 0.2) is 0 Å². The van der Waals surface area contributed by atoms with E-state index < -0.39 is 15.3 Å². The summed E-state index contributed by atoms with van der Waals surface area (Å²) >= 11 is 0. The predicted octanol–water partition coefficient (Wildman–Crippen LogP) is 3.73. The zero-order valence-corrected chi connectivity index (χ0v) is 19.1. The summed E-state index contributed by atoms with van der Waals surface area (Å²) in [6, 6.07) is 15.8. The molecule has 1 aliphatic carbocycles. The Hall–Kier alpha value is -2.41. The van der Waals surface area contributed by atoms with Crippen LogP contribution in [0.25, 0.3) is 0 Å². The van der Waals surface area contributed by atoms with Crippen molar-refractivity contribution in [2.45, 2.75) is 24.1 Å². The number of primary sulfonamides is 1. The Labute approximate surface area is 180 Å². The minimum Gasteiger partial charge on any atom is -0.378 e. The maximum Gasteiger partial charge on any atom is 0.220 e. The molecule has 0 heterocycles. The van der Waals surface area contributed by atoms with E-state index in [0.717, 1.165) is 5.69 Å². The Bertz CT molecular complexity index is 1070. The van der Waals surface area contributed by atoms with E-state index in [1.165, 1.54) is 11.1 Å². The van der Waals surface area contributed by atoms with Crippen molar-refractivity contribution in [2.75, 3.05) is 33.1 Å². The Morgan fingerprint density at radius 1 is 1.00 bits per heavy atom. The van der Waals surface area contributed by atoms with Gasteiger partial charge in [-0.05, 0) is 61.8 Å². The number of benzene rings is 2. The highest BCUT2D eigenvalue weighted by molar-refractivity contribution is 7.89. The van der Waals surface area contributed by atoms with E-state index in [-0.39, 0.29) is 5.54 Å². The van der Waals surface area contributed by atoms with Crippen LogP contribution in [0.2, 0.25) is 0 Å². The van der Waals surface area contributed by atoms with Gasteiger partial charge in [0.1, 0.15) is 5.25 Å². The largest absolute Gasteiger partial charge is 0.378 e. The molecule has 0 fully saturated rings. The van der Waals surface area contributed by atoms with E-state index in [9.17, 15) is 8.42 Å². The summed E-state index contributed by atoms with van der Waals surface area (Å²) in [7, 11) is 4.17. The van der Waals surface area contributed by atoms with Gasteiger partial charge in [-0.2, -0.15) is 0 Å². The van der Waals surface area contributed by atoms with Crippen LogP contribution in [0.15, 0.2) is 72.3 Å². The Kier molecular flexibility index (Phi) is 6.22. The Morgan fingerprint density at radius 2 is 1.63 bits per heavy atom. The van der Waals surface area contributed by atoms with Crippen LogP contribution in [-0.2, 0) is 15.6 Å². The topological polar surface area (TPSA) is 66.6 Å². The normalized spacial score (nSPS) is 20.2. The first-order chi connectivity index (χ1) is 14.1. The van der Waals surface area contributed by atoms with Crippen molar-refractivity contribution in [1.29, 1.82) is 0 Å². The van der Waals surface area contributed by atoms with Crippen LogP contribution >= 0.6 is 0 Å². The molecule has 3 rings (SSSR count). The third kappa shape index (κ3) is 4.21. The lowest BCUT2D eigenvalue weighted by molar-refractivity contribution is 0.208. The summed E-state index contributed by atoms with van der Waals surface area (Å²) in [6.45, 7) is 2.10. The number of nitrogens with two attached hydrogens (primary N) is 1. The lowest BCUT2D eigenvalue weighted by Gasteiger charge is -2.40. The van der Waals surface area contributed by atoms with Gasteiger partial charge in [-0.3, -0.25) is 4.90 Å². The molecule has 0 radical (unpaired) electrons. The van der Waals surface area contributed by atoms with Gasteiger partial charge >= 0.3 is 0 Å². The molecular weight excluding hydrogens is 394 g/mol. The van der Waals surface area contributed by atoms with Gasteiger partial charge in [0.2, 0.25) is 10.0 Å². The average Bonchev–Trinajstić information content (AvgIpc) is 2.68. The summed E-state index contributed by atoms with van der Waals surface area (Å²) in [5.41, 5.74) is 4.48. The minimum atomic E-state index is -3.83. The third-order valence-corrected chi connectivity index (χ3v) is 7.15. The van der Waals surface area contributed by atoms with Crippen LogP contribution in [0.4, 0.5) is 5.69 Å². The van der Waals surface area contributed by atoms with Crippen molar-refractivity contribution in [1.82, 2.24) is 4.90 Å². The van der Waals surface area contributed by atoms with Crippen LogP contribution in [0.3, 0.4) is 0 Å². The summed E-state index contributed by atoms with van der Waals surface area (Å²) in [5, 5.41) is 4.79. The van der Waals surface area contributed by atoms with Crippen molar-refractivity contribution in [3.8, 4) is 0 Å². The van der Waals surface area contributed by atoms with Crippen LogP contribution in [0.5, 0.6) is 0 Å². The van der Waals surface area contributed by atoms with Gasteiger partial charge in [-0.1, -0.05) is 54.6 Å². The Morgan fingerprint density at radius 3 is 2.10 bits per heavy atom. The first-order valence-electron chi connectivity index (χ1n) is 9.98. The lowest BCUT2D eigenvalue weighted by atomic mass is 9.78. The van der Waals surface area contributed by atoms with Gasteiger partial charge in [-0.25, -0.2) is 13.6 Å². The van der Waals surface area contributed by atoms with Gasteiger partial charge < -0.3 is 4.90 Å². The van der Waals surface area contributed by atoms with Crippen LogP contribution in [-0.4, -0.2) is 41.5 Å². The number of hydrogen-bond donors (Lipinski definition) is 1. The fourth-order valence-electron chi connectivity index (χ4n) is 4.19. The number of hydrogen-bond acceptors (Lipinski definition) is 4. The number of rotatable bonds is 6. The first kappa shape index (κ1) is 22.3. The molecule has 2 aromatic carbocycles. The molecule has 2 unspecified atom stereocenters. The van der Waals surface area contributed by atoms with Gasteiger partial charge in [0.05, 0.1) is 5.54 Å². The number of anilines is 1. The van der Waals surface area contributed by atoms with Crippen molar-refractivity contribution in [3.63, 3.8) is 0 Å². The second-order valence-electron chi connectivity index (χ2n) is 8.33. The van der Waals surface area contributed by atoms with Gasteiger partial charge in [0, 0.05) is 19.8 Å². The third-order valence-electron chi connectivity index (χ3n) is 5.95. The molecule has 0 saturated carbocycles. The molecular formula is C24H31N3O2S. The number of likely N-dealkylation sites (N-methyl/N-ethyl adjacent to an activating group) is 1. The second kappa shape index (κ2) is 8.38. The number of nitrogens with zero attached hydrogens (tertiary/aromatic N) is 2. The fourth-order valence-corrected chi connectivity index (χ4v) is 5.28. The van der Waals surface area contributed by atoms with E-state index in [0.29, 0.717) is 17.6 Å². The van der Waals surface area contributed by atoms with Gasteiger partial charge in [0.25, 0.3) is 0 Å². The second-order valence-corrected chi connectivity index (χ2v) is 9.98. The SMILES string of the molecule is Cc1ccccc1C1(N(C)C)C=CC(C(c2ccc(N(C)C)cc2)S(N)(=O)=O)=CC1. The molecule has 0 aliphatic heterocycles. The molecule has 30 heavy (non-hydrogen) atoms. The summed E-state index contributed by atoms with van der Waals surface area (Å²) in [6.07, 6.45) is 6.71. The summed E-state index contributed by atoms with van der Waals surface area (Å²) < 4.78 is 25.1. The first-order valence-corrected chi connectivity index (χ1v) is 11.6. The van der Waals surface area contributed by atoms with Crippen molar-refractivity contribution >= 4 is 15.7 Å². The van der Waals surface area contributed by atoms with Crippen LogP contribution in [0.1, 0.15) is 28.4 Å². The molecule has 6 heteroatoms. The molecule has 0 amide bonds. The highest BCUT2D eigenvalue weighted by Crippen LogP contribution is 2.41. The van der Waals surface area contributed by atoms with E-state index in [2.05, 4.69) is 30.0 Å². The molecule has 0 saturated heterocycles. The van der Waals surface area contributed by atoms with E-state index in [4.69, 9.17) is 5.14 Å². The smallest absolute Gasteiger partial charge is 0.220 e.